The zero-order chi connectivity index (χ0) is 18.5. The minimum atomic E-state index is 0. The second-order valence-corrected chi connectivity index (χ2v) is 5.94. The summed E-state index contributed by atoms with van der Waals surface area (Å²) < 4.78 is 12.8. The van der Waals surface area contributed by atoms with Crippen LogP contribution in [0.15, 0.2) is 42.9 Å². The molecule has 0 radical (unpaired) electrons. The normalized spacial score (nSPS) is 10.0. The number of carbonyl (C=O) groups excluding carboxylic acids is 1. The highest BCUT2D eigenvalue weighted by atomic mass is 35.5. The largest absolute Gasteiger partial charge is 0.486 e. The highest BCUT2D eigenvalue weighted by Crippen LogP contribution is 2.26. The van der Waals surface area contributed by atoms with Crippen molar-refractivity contribution in [3.8, 4) is 23.0 Å². The Hall–Kier alpha value is -2.64. The van der Waals surface area contributed by atoms with Crippen LogP contribution in [0.25, 0.3) is 11.4 Å². The van der Waals surface area contributed by atoms with E-state index in [0.29, 0.717) is 17.2 Å². The molecule has 0 bridgehead atoms. The summed E-state index contributed by atoms with van der Waals surface area (Å²) >= 11 is 0. The first-order valence-electron chi connectivity index (χ1n) is 8.23. The van der Waals surface area contributed by atoms with Gasteiger partial charge in [-0.2, -0.15) is 5.10 Å². The number of nitrogens with zero attached hydrogens (tertiary/aromatic N) is 4. The highest BCUT2D eigenvalue weighted by Gasteiger charge is 2.14. The molecule has 0 aliphatic heterocycles. The number of aldehydes is 1. The van der Waals surface area contributed by atoms with E-state index in [1.807, 2.05) is 22.9 Å². The number of hydrogen-bond acceptors (Lipinski definition) is 6. The molecule has 3 aromatic rings. The molecule has 3 aromatic heterocycles. The first-order chi connectivity index (χ1) is 12.6. The molecule has 0 atom stereocenters. The molecule has 7 nitrogen and oxygen atoms in total. The van der Waals surface area contributed by atoms with Crippen LogP contribution in [0.4, 0.5) is 0 Å². The first-order valence-corrected chi connectivity index (χ1v) is 8.23. The summed E-state index contributed by atoms with van der Waals surface area (Å²) in [5, 5.41) is 4.36. The highest BCUT2D eigenvalue weighted by molar-refractivity contribution is 5.85. The smallest absolute Gasteiger partial charge is 0.213 e. The number of aromatic nitrogens is 4. The lowest BCUT2D eigenvalue weighted by molar-refractivity contribution is 0.111. The molecule has 9 heteroatoms. The van der Waals surface area contributed by atoms with Crippen LogP contribution in [0.3, 0.4) is 0 Å². The molecule has 0 amide bonds. The number of ether oxygens (including phenoxy) is 2. The van der Waals surface area contributed by atoms with Gasteiger partial charge in [-0.1, -0.05) is 6.07 Å². The van der Waals surface area contributed by atoms with E-state index in [4.69, 9.17) is 9.47 Å². The minimum absolute atomic E-state index is 0. The maximum atomic E-state index is 11.3. The third-order valence-corrected chi connectivity index (χ3v) is 3.89. The minimum Gasteiger partial charge on any atom is -0.486 e. The van der Waals surface area contributed by atoms with E-state index in [1.165, 1.54) is 13.3 Å². The fourth-order valence-corrected chi connectivity index (χ4v) is 2.62. The van der Waals surface area contributed by atoms with Gasteiger partial charge in [0.25, 0.3) is 0 Å². The summed E-state index contributed by atoms with van der Waals surface area (Å²) in [6.45, 7) is 4.38. The molecule has 0 aliphatic carbocycles. The van der Waals surface area contributed by atoms with Crippen molar-refractivity contribution in [1.29, 1.82) is 0 Å². The van der Waals surface area contributed by atoms with Gasteiger partial charge in [-0.3, -0.25) is 14.5 Å². The Balaban J connectivity index is 0.00000196. The Kier molecular flexibility index (Phi) is 8.88. The molecule has 0 unspecified atom stereocenters. The summed E-state index contributed by atoms with van der Waals surface area (Å²) in [6.07, 6.45) is 5.70. The number of methoxy groups -OCH3 is 1. The van der Waals surface area contributed by atoms with Gasteiger partial charge in [0.1, 0.15) is 12.4 Å². The molecular formula is C19H22Cl2N4O3. The fraction of sp³-hybridized carbons (Fsp3) is 0.263. The maximum Gasteiger partial charge on any atom is 0.213 e. The molecule has 0 aliphatic rings. The van der Waals surface area contributed by atoms with E-state index in [1.54, 1.807) is 18.5 Å². The number of pyridine rings is 2. The molecule has 28 heavy (non-hydrogen) atoms. The van der Waals surface area contributed by atoms with Gasteiger partial charge in [-0.25, -0.2) is 4.98 Å². The quantitative estimate of drug-likeness (QED) is 0.529. The van der Waals surface area contributed by atoms with Crippen LogP contribution >= 0.6 is 24.8 Å². The summed E-state index contributed by atoms with van der Waals surface area (Å²) in [7, 11) is 1.50. The summed E-state index contributed by atoms with van der Waals surface area (Å²) in [4.78, 5) is 19.9. The monoisotopic (exact) mass is 424 g/mol. The molecule has 0 N–H and O–H groups in total. The molecule has 3 heterocycles. The van der Waals surface area contributed by atoms with Crippen molar-refractivity contribution in [3.63, 3.8) is 0 Å². The van der Waals surface area contributed by atoms with E-state index in [9.17, 15) is 4.79 Å². The van der Waals surface area contributed by atoms with E-state index in [0.717, 1.165) is 23.2 Å². The van der Waals surface area contributed by atoms with Crippen LogP contribution in [0.2, 0.25) is 0 Å². The molecular weight excluding hydrogens is 403 g/mol. The Morgan fingerprint density at radius 2 is 1.96 bits per heavy atom. The lowest BCUT2D eigenvalue weighted by Gasteiger charge is -2.14. The van der Waals surface area contributed by atoms with Gasteiger partial charge in [-0.15, -0.1) is 24.8 Å². The average Bonchev–Trinajstić information content (AvgIpc) is 3.16. The fourth-order valence-electron chi connectivity index (χ4n) is 2.62. The Morgan fingerprint density at radius 3 is 2.64 bits per heavy atom. The van der Waals surface area contributed by atoms with Crippen LogP contribution < -0.4 is 9.47 Å². The molecule has 0 aromatic carbocycles. The standard InChI is InChI=1S/C19H20N4O3.2ClH/c1-13(2)23-16(6-8-22-23)19-14(5-4-7-20-19)12-26-17-10-21-18(25-3)9-15(17)11-24;;/h4-11,13H,12H2,1-3H3;2*1H. The van der Waals surface area contributed by atoms with Crippen molar-refractivity contribution in [2.75, 3.05) is 7.11 Å². The van der Waals surface area contributed by atoms with Gasteiger partial charge in [0, 0.05) is 30.1 Å². The number of carbonyl (C=O) groups is 1. The molecule has 0 fully saturated rings. The second-order valence-electron chi connectivity index (χ2n) is 5.94. The van der Waals surface area contributed by atoms with Gasteiger partial charge in [-0.05, 0) is 26.0 Å². The summed E-state index contributed by atoms with van der Waals surface area (Å²) in [6, 6.07) is 7.48. The van der Waals surface area contributed by atoms with Gasteiger partial charge >= 0.3 is 0 Å². The van der Waals surface area contributed by atoms with E-state index in [-0.39, 0.29) is 37.5 Å². The average molecular weight is 425 g/mol. The lowest BCUT2D eigenvalue weighted by Crippen LogP contribution is -2.08. The van der Waals surface area contributed by atoms with Crippen molar-refractivity contribution in [3.05, 3.63) is 54.0 Å². The van der Waals surface area contributed by atoms with Crippen LogP contribution in [-0.4, -0.2) is 33.1 Å². The van der Waals surface area contributed by atoms with Gasteiger partial charge in [0.15, 0.2) is 6.29 Å². The molecule has 0 saturated carbocycles. The van der Waals surface area contributed by atoms with Crippen molar-refractivity contribution in [2.45, 2.75) is 26.5 Å². The third kappa shape index (κ3) is 4.99. The topological polar surface area (TPSA) is 79.1 Å². The molecule has 0 saturated heterocycles. The van der Waals surface area contributed by atoms with Gasteiger partial charge in [0.05, 0.1) is 30.3 Å². The Bertz CT molecular complexity index is 916. The van der Waals surface area contributed by atoms with E-state index in [2.05, 4.69) is 28.9 Å². The van der Waals surface area contributed by atoms with Crippen LogP contribution in [0.5, 0.6) is 11.6 Å². The van der Waals surface area contributed by atoms with Crippen molar-refractivity contribution < 1.29 is 14.3 Å². The third-order valence-electron chi connectivity index (χ3n) is 3.89. The van der Waals surface area contributed by atoms with Gasteiger partial charge in [0.2, 0.25) is 5.88 Å². The van der Waals surface area contributed by atoms with Crippen LogP contribution in [0, 0.1) is 0 Å². The van der Waals surface area contributed by atoms with Crippen molar-refractivity contribution in [2.24, 2.45) is 0 Å². The van der Waals surface area contributed by atoms with Crippen LogP contribution in [-0.2, 0) is 6.61 Å². The zero-order valence-corrected chi connectivity index (χ0v) is 17.4. The zero-order valence-electron chi connectivity index (χ0n) is 15.7. The second kappa shape index (κ2) is 10.6. The predicted octanol–water partition coefficient (Wildman–Crippen LogP) is 4.16. The predicted molar refractivity (Wildman–Crippen MR) is 111 cm³/mol. The Labute approximate surface area is 175 Å². The van der Waals surface area contributed by atoms with E-state index >= 15 is 0 Å². The van der Waals surface area contributed by atoms with Gasteiger partial charge < -0.3 is 9.47 Å². The maximum absolute atomic E-state index is 11.3. The number of hydrogen-bond donors (Lipinski definition) is 0. The Morgan fingerprint density at radius 1 is 1.18 bits per heavy atom. The number of rotatable bonds is 7. The number of halogens is 2. The van der Waals surface area contributed by atoms with Crippen LogP contribution in [0.1, 0.15) is 35.8 Å². The lowest BCUT2D eigenvalue weighted by atomic mass is 10.1. The molecule has 150 valence electrons. The SMILES string of the molecule is COc1cc(C=O)c(OCc2cccnc2-c2ccnn2C(C)C)cn1.Cl.Cl. The van der Waals surface area contributed by atoms with Crippen molar-refractivity contribution >= 4 is 31.1 Å². The summed E-state index contributed by atoms with van der Waals surface area (Å²) in [5.74, 6) is 0.760. The molecule has 0 spiro atoms. The first kappa shape index (κ1) is 23.4. The summed E-state index contributed by atoms with van der Waals surface area (Å²) in [5.41, 5.74) is 2.99. The molecule has 3 rings (SSSR count). The van der Waals surface area contributed by atoms with E-state index < -0.39 is 0 Å². The van der Waals surface area contributed by atoms with Crippen molar-refractivity contribution in [1.82, 2.24) is 19.7 Å².